The number of hydrogen-bond donors (Lipinski definition) is 0. The first-order valence-corrected chi connectivity index (χ1v) is 6.29. The molecule has 1 aliphatic heterocycles. The van der Waals surface area contributed by atoms with Gasteiger partial charge in [0.1, 0.15) is 11.6 Å². The molecule has 0 radical (unpaired) electrons. The molecule has 17 heavy (non-hydrogen) atoms. The average molecular weight is 307 g/mol. The Kier molecular flexibility index (Phi) is 4.48. The van der Waals surface area contributed by atoms with E-state index in [0.717, 1.165) is 19.4 Å². The van der Waals surface area contributed by atoms with E-state index in [9.17, 15) is 8.78 Å². The Morgan fingerprint density at radius 1 is 1.41 bits per heavy atom. The maximum Gasteiger partial charge on any atom is 0.145 e. The molecule has 0 N–H and O–H groups in total. The van der Waals surface area contributed by atoms with E-state index in [0.29, 0.717) is 6.61 Å². The van der Waals surface area contributed by atoms with Gasteiger partial charge in [0.05, 0.1) is 29.4 Å². The largest absolute Gasteiger partial charge is 0.376 e. The van der Waals surface area contributed by atoms with Crippen LogP contribution >= 0.6 is 15.9 Å². The molecule has 0 aliphatic carbocycles. The number of benzene rings is 1. The second-order valence-electron chi connectivity index (χ2n) is 3.97. The molecular formula is C12H13BrF2O2. The van der Waals surface area contributed by atoms with Gasteiger partial charge in [-0.05, 0) is 40.9 Å². The summed E-state index contributed by atoms with van der Waals surface area (Å²) in [6.07, 6.45) is 2.03. The number of ether oxygens (including phenoxy) is 2. The first-order valence-electron chi connectivity index (χ1n) is 5.50. The zero-order chi connectivity index (χ0) is 12.3. The van der Waals surface area contributed by atoms with Crippen LogP contribution in [0.2, 0.25) is 0 Å². The van der Waals surface area contributed by atoms with E-state index in [1.807, 2.05) is 0 Å². The van der Waals surface area contributed by atoms with E-state index in [-0.39, 0.29) is 22.7 Å². The quantitative estimate of drug-likeness (QED) is 0.794. The molecule has 1 fully saturated rings. The molecule has 0 saturated carbocycles. The van der Waals surface area contributed by atoms with Gasteiger partial charge in [-0.3, -0.25) is 0 Å². The molecular weight excluding hydrogens is 294 g/mol. The zero-order valence-electron chi connectivity index (χ0n) is 9.22. The van der Waals surface area contributed by atoms with Crippen LogP contribution in [0.1, 0.15) is 18.4 Å². The Morgan fingerprint density at radius 3 is 2.94 bits per heavy atom. The summed E-state index contributed by atoms with van der Waals surface area (Å²) >= 11 is 3.02. The molecule has 1 saturated heterocycles. The lowest BCUT2D eigenvalue weighted by molar-refractivity contribution is 0.00898. The molecule has 1 aromatic carbocycles. The summed E-state index contributed by atoms with van der Waals surface area (Å²) in [5.41, 5.74) is -0.0441. The fraction of sp³-hybridized carbons (Fsp3) is 0.500. The Morgan fingerprint density at radius 2 is 2.24 bits per heavy atom. The first kappa shape index (κ1) is 12.9. The van der Waals surface area contributed by atoms with Crippen LogP contribution in [0.25, 0.3) is 0 Å². The molecule has 94 valence electrons. The molecule has 1 aliphatic rings. The van der Waals surface area contributed by atoms with Crippen LogP contribution < -0.4 is 0 Å². The number of rotatable bonds is 4. The van der Waals surface area contributed by atoms with Gasteiger partial charge in [-0.1, -0.05) is 0 Å². The van der Waals surface area contributed by atoms with Gasteiger partial charge in [0, 0.05) is 6.61 Å². The Labute approximate surface area is 107 Å². The van der Waals surface area contributed by atoms with Crippen molar-refractivity contribution >= 4 is 15.9 Å². The first-order chi connectivity index (χ1) is 8.18. The summed E-state index contributed by atoms with van der Waals surface area (Å²) in [5.74, 6) is -1.18. The lowest BCUT2D eigenvalue weighted by Crippen LogP contribution is -2.14. The highest BCUT2D eigenvalue weighted by molar-refractivity contribution is 9.10. The van der Waals surface area contributed by atoms with Gasteiger partial charge in [-0.15, -0.1) is 0 Å². The van der Waals surface area contributed by atoms with Crippen molar-refractivity contribution < 1.29 is 18.3 Å². The number of hydrogen-bond acceptors (Lipinski definition) is 2. The molecule has 1 unspecified atom stereocenters. The van der Waals surface area contributed by atoms with Crippen LogP contribution in [0, 0.1) is 11.6 Å². The summed E-state index contributed by atoms with van der Waals surface area (Å²) < 4.78 is 37.8. The molecule has 5 heteroatoms. The van der Waals surface area contributed by atoms with Gasteiger partial charge in [-0.25, -0.2) is 8.78 Å². The lowest BCUT2D eigenvalue weighted by Gasteiger charge is -2.11. The van der Waals surface area contributed by atoms with Crippen molar-refractivity contribution in [2.75, 3.05) is 13.2 Å². The van der Waals surface area contributed by atoms with E-state index in [4.69, 9.17) is 9.47 Å². The minimum Gasteiger partial charge on any atom is -0.376 e. The summed E-state index contributed by atoms with van der Waals surface area (Å²) in [5, 5.41) is 0. The summed E-state index contributed by atoms with van der Waals surface area (Å²) in [6.45, 7) is 1.05. The van der Waals surface area contributed by atoms with Crippen molar-refractivity contribution in [1.82, 2.24) is 0 Å². The molecule has 1 heterocycles. The molecule has 2 nitrogen and oxygen atoms in total. The van der Waals surface area contributed by atoms with Gasteiger partial charge in [0.25, 0.3) is 0 Å². The predicted molar refractivity (Wildman–Crippen MR) is 62.7 cm³/mol. The van der Waals surface area contributed by atoms with Crippen LogP contribution in [0.4, 0.5) is 8.78 Å². The van der Waals surface area contributed by atoms with Crippen LogP contribution in [0.15, 0.2) is 16.6 Å². The average Bonchev–Trinajstić information content (AvgIpc) is 2.81. The Hall–Kier alpha value is -0.520. The highest BCUT2D eigenvalue weighted by Crippen LogP contribution is 2.22. The molecule has 0 bridgehead atoms. The lowest BCUT2D eigenvalue weighted by atomic mass is 10.2. The van der Waals surface area contributed by atoms with Crippen LogP contribution in [-0.2, 0) is 16.1 Å². The van der Waals surface area contributed by atoms with Gasteiger partial charge < -0.3 is 9.47 Å². The smallest absolute Gasteiger partial charge is 0.145 e. The van der Waals surface area contributed by atoms with Crippen molar-refractivity contribution in [3.8, 4) is 0 Å². The maximum atomic E-state index is 13.6. The van der Waals surface area contributed by atoms with E-state index < -0.39 is 11.6 Å². The summed E-state index contributed by atoms with van der Waals surface area (Å²) in [4.78, 5) is 0. The van der Waals surface area contributed by atoms with E-state index in [2.05, 4.69) is 15.9 Å². The Bertz CT molecular complexity index is 392. The zero-order valence-corrected chi connectivity index (χ0v) is 10.8. The van der Waals surface area contributed by atoms with Crippen molar-refractivity contribution in [3.63, 3.8) is 0 Å². The van der Waals surface area contributed by atoms with Gasteiger partial charge in [-0.2, -0.15) is 0 Å². The minimum atomic E-state index is -0.600. The summed E-state index contributed by atoms with van der Waals surface area (Å²) in [7, 11) is 0. The molecule has 1 aromatic rings. The third-order valence-electron chi connectivity index (χ3n) is 2.71. The fourth-order valence-electron chi connectivity index (χ4n) is 1.77. The summed E-state index contributed by atoms with van der Waals surface area (Å²) in [6, 6.07) is 2.56. The Balaban J connectivity index is 1.91. The normalized spacial score (nSPS) is 19.8. The molecule has 1 atom stereocenters. The predicted octanol–water partition coefficient (Wildman–Crippen LogP) is 3.42. The third-order valence-corrected chi connectivity index (χ3v) is 3.33. The topological polar surface area (TPSA) is 18.5 Å². The van der Waals surface area contributed by atoms with E-state index >= 15 is 0 Å². The molecule has 2 rings (SSSR count). The second kappa shape index (κ2) is 5.89. The highest BCUT2D eigenvalue weighted by Gasteiger charge is 2.17. The monoisotopic (exact) mass is 306 g/mol. The number of halogens is 3. The van der Waals surface area contributed by atoms with Crippen molar-refractivity contribution in [3.05, 3.63) is 33.8 Å². The SMILES string of the molecule is Fc1ccc(Br)c(F)c1COCC1CCCO1. The van der Waals surface area contributed by atoms with E-state index in [1.165, 1.54) is 12.1 Å². The minimum absolute atomic E-state index is 0.0441. The van der Waals surface area contributed by atoms with Gasteiger partial charge in [0.15, 0.2) is 0 Å². The van der Waals surface area contributed by atoms with Gasteiger partial charge in [0.2, 0.25) is 0 Å². The second-order valence-corrected chi connectivity index (χ2v) is 4.83. The van der Waals surface area contributed by atoms with Crippen LogP contribution in [-0.4, -0.2) is 19.3 Å². The van der Waals surface area contributed by atoms with E-state index in [1.54, 1.807) is 0 Å². The van der Waals surface area contributed by atoms with Crippen LogP contribution in [0.3, 0.4) is 0 Å². The third kappa shape index (κ3) is 3.24. The van der Waals surface area contributed by atoms with Crippen molar-refractivity contribution in [2.24, 2.45) is 0 Å². The van der Waals surface area contributed by atoms with Crippen molar-refractivity contribution in [1.29, 1.82) is 0 Å². The molecule has 0 aromatic heterocycles. The van der Waals surface area contributed by atoms with Gasteiger partial charge >= 0.3 is 0 Å². The molecule has 0 spiro atoms. The maximum absolute atomic E-state index is 13.6. The standard InChI is InChI=1S/C12H13BrF2O2/c13-10-3-4-11(14)9(12(10)15)7-16-6-8-2-1-5-17-8/h3-4,8H,1-2,5-7H2. The highest BCUT2D eigenvalue weighted by atomic mass is 79.9. The van der Waals surface area contributed by atoms with Crippen molar-refractivity contribution in [2.45, 2.75) is 25.6 Å². The molecule has 0 amide bonds. The fourth-order valence-corrected chi connectivity index (χ4v) is 2.14. The van der Waals surface area contributed by atoms with Crippen LogP contribution in [0.5, 0.6) is 0 Å².